The maximum atomic E-state index is 13.4. The number of esters is 2. The van der Waals surface area contributed by atoms with Gasteiger partial charge in [-0.25, -0.2) is 9.79 Å². The van der Waals surface area contributed by atoms with Crippen LogP contribution in [0.3, 0.4) is 0 Å². The highest BCUT2D eigenvalue weighted by Gasteiger charge is 2.42. The zero-order valence-electron chi connectivity index (χ0n) is 21.7. The Labute approximate surface area is 221 Å². The number of thioether (sulfide) groups is 1. The van der Waals surface area contributed by atoms with Crippen molar-refractivity contribution in [1.82, 2.24) is 9.80 Å². The minimum Gasteiger partial charge on any atom is -0.497 e. The third-order valence-electron chi connectivity index (χ3n) is 6.63. The van der Waals surface area contributed by atoms with Crippen LogP contribution in [0.25, 0.3) is 0 Å². The van der Waals surface area contributed by atoms with Crippen LogP contribution in [0.1, 0.15) is 51.6 Å². The molecule has 37 heavy (non-hydrogen) atoms. The number of ether oxygens (including phenoxy) is 3. The molecule has 198 valence electrons. The van der Waals surface area contributed by atoms with Gasteiger partial charge in [-0.15, -0.1) is 0 Å². The molecule has 1 aromatic rings. The van der Waals surface area contributed by atoms with Crippen molar-refractivity contribution in [3.63, 3.8) is 0 Å². The first kappa shape index (κ1) is 26.8. The number of benzene rings is 1. The summed E-state index contributed by atoms with van der Waals surface area (Å²) in [5.41, 5.74) is 2.59. The molecule has 3 aliphatic heterocycles. The molecule has 1 fully saturated rings. The fourth-order valence-corrected chi connectivity index (χ4v) is 5.85. The average molecular weight is 528 g/mol. The van der Waals surface area contributed by atoms with Gasteiger partial charge in [-0.05, 0) is 56.7 Å². The molecule has 0 bridgehead atoms. The summed E-state index contributed by atoms with van der Waals surface area (Å²) >= 11 is 1.43. The van der Waals surface area contributed by atoms with E-state index in [9.17, 15) is 14.4 Å². The molecule has 1 amide bonds. The van der Waals surface area contributed by atoms with Crippen molar-refractivity contribution in [3.05, 3.63) is 52.2 Å². The number of aliphatic imine (C=N–C) groups is 1. The third-order valence-corrected chi connectivity index (χ3v) is 7.52. The highest BCUT2D eigenvalue weighted by molar-refractivity contribution is 8.16. The normalized spacial score (nSPS) is 21.2. The van der Waals surface area contributed by atoms with Gasteiger partial charge in [0.25, 0.3) is 0 Å². The molecule has 1 saturated heterocycles. The number of rotatable bonds is 8. The standard InChI is InChI=1S/C27H33N3O6S/c1-5-35-25(32)19-10-8-12-29(15-19)22(31)14-20-16-37-27-28-17(3)23(26(33)36-6-2)24(30(20)27)18-9-7-11-21(13-18)34-4/h7,9,11,13,16,19,24H,5-6,8,10,12,14-15H2,1-4H3/t19-,24+/m1/s1. The van der Waals surface area contributed by atoms with E-state index >= 15 is 0 Å². The smallest absolute Gasteiger partial charge is 0.338 e. The van der Waals surface area contributed by atoms with Crippen molar-refractivity contribution >= 4 is 34.8 Å². The molecule has 0 spiro atoms. The van der Waals surface area contributed by atoms with E-state index in [4.69, 9.17) is 14.2 Å². The van der Waals surface area contributed by atoms with Crippen LogP contribution in [-0.4, -0.2) is 66.2 Å². The molecule has 1 aromatic carbocycles. The highest BCUT2D eigenvalue weighted by Crippen LogP contribution is 2.45. The molecule has 0 aromatic heterocycles. The number of amides is 1. The zero-order valence-corrected chi connectivity index (χ0v) is 22.5. The molecular weight excluding hydrogens is 494 g/mol. The second kappa shape index (κ2) is 11.9. The summed E-state index contributed by atoms with van der Waals surface area (Å²) in [6.07, 6.45) is 1.59. The van der Waals surface area contributed by atoms with Crippen LogP contribution in [0.5, 0.6) is 5.75 Å². The Morgan fingerprint density at radius 2 is 1.95 bits per heavy atom. The van der Waals surface area contributed by atoms with E-state index in [1.807, 2.05) is 34.6 Å². The lowest BCUT2D eigenvalue weighted by Crippen LogP contribution is -2.44. The van der Waals surface area contributed by atoms with E-state index < -0.39 is 12.0 Å². The summed E-state index contributed by atoms with van der Waals surface area (Å²) in [5, 5.41) is 2.61. The molecule has 3 heterocycles. The Bertz CT molecular complexity index is 1160. The maximum Gasteiger partial charge on any atom is 0.338 e. The molecule has 0 saturated carbocycles. The van der Waals surface area contributed by atoms with Crippen LogP contribution in [0, 0.1) is 5.92 Å². The summed E-state index contributed by atoms with van der Waals surface area (Å²) in [4.78, 5) is 47.2. The molecular formula is C27H33N3O6S. The lowest BCUT2D eigenvalue weighted by molar-refractivity contribution is -0.151. The number of allylic oxidation sites excluding steroid dienone is 1. The number of hydrogen-bond acceptors (Lipinski definition) is 9. The molecule has 0 aliphatic carbocycles. The number of piperidine rings is 1. The zero-order chi connectivity index (χ0) is 26.5. The lowest BCUT2D eigenvalue weighted by Gasteiger charge is -2.37. The number of carbonyl (C=O) groups is 3. The summed E-state index contributed by atoms with van der Waals surface area (Å²) < 4.78 is 16.0. The summed E-state index contributed by atoms with van der Waals surface area (Å²) in [6, 6.07) is 7.01. The van der Waals surface area contributed by atoms with Crippen LogP contribution in [0.4, 0.5) is 0 Å². The number of hydrogen-bond donors (Lipinski definition) is 0. The number of carbonyl (C=O) groups excluding carboxylic acids is 3. The number of methoxy groups -OCH3 is 1. The van der Waals surface area contributed by atoms with E-state index in [2.05, 4.69) is 4.99 Å². The molecule has 4 rings (SSSR count). The topological polar surface area (TPSA) is 97.7 Å². The number of nitrogens with zero attached hydrogens (tertiary/aromatic N) is 3. The van der Waals surface area contributed by atoms with Crippen molar-refractivity contribution in [3.8, 4) is 5.75 Å². The van der Waals surface area contributed by atoms with E-state index in [1.165, 1.54) is 11.8 Å². The first-order chi connectivity index (χ1) is 17.9. The monoisotopic (exact) mass is 527 g/mol. The number of amidine groups is 1. The Hall–Kier alpha value is -3.27. The van der Waals surface area contributed by atoms with Crippen LogP contribution >= 0.6 is 11.8 Å². The van der Waals surface area contributed by atoms with E-state index in [1.54, 1.807) is 32.8 Å². The van der Waals surface area contributed by atoms with Gasteiger partial charge in [0.1, 0.15) is 5.75 Å². The van der Waals surface area contributed by atoms with Gasteiger partial charge in [-0.3, -0.25) is 9.59 Å². The quantitative estimate of drug-likeness (QED) is 0.468. The first-order valence-corrected chi connectivity index (χ1v) is 13.5. The second-order valence-electron chi connectivity index (χ2n) is 9.00. The van der Waals surface area contributed by atoms with Gasteiger partial charge in [0.2, 0.25) is 5.91 Å². The minimum atomic E-state index is -0.524. The van der Waals surface area contributed by atoms with Crippen LogP contribution < -0.4 is 4.74 Å². The van der Waals surface area contributed by atoms with Gasteiger partial charge in [-0.2, -0.15) is 0 Å². The largest absolute Gasteiger partial charge is 0.497 e. The Morgan fingerprint density at radius 1 is 1.16 bits per heavy atom. The van der Waals surface area contributed by atoms with Gasteiger partial charge in [0.15, 0.2) is 5.17 Å². The van der Waals surface area contributed by atoms with E-state index in [0.29, 0.717) is 41.9 Å². The molecule has 2 atom stereocenters. The fourth-order valence-electron chi connectivity index (χ4n) is 4.89. The van der Waals surface area contributed by atoms with Gasteiger partial charge in [0.05, 0.1) is 50.0 Å². The van der Waals surface area contributed by atoms with Gasteiger partial charge >= 0.3 is 11.9 Å². The van der Waals surface area contributed by atoms with Gasteiger partial charge < -0.3 is 24.0 Å². The van der Waals surface area contributed by atoms with Crippen LogP contribution in [-0.2, 0) is 23.9 Å². The van der Waals surface area contributed by atoms with Crippen molar-refractivity contribution in [2.45, 2.75) is 46.1 Å². The van der Waals surface area contributed by atoms with Gasteiger partial charge in [0, 0.05) is 18.8 Å². The SMILES string of the molecule is CCOC(=O)C1=C(C)N=C2SC=C(CC(=O)N3CCC[C@@H](C(=O)OCC)C3)N2[C@H]1c1cccc(OC)c1. The number of fused-ring (bicyclic) bond motifs is 1. The van der Waals surface area contributed by atoms with Gasteiger partial charge in [-0.1, -0.05) is 23.9 Å². The highest BCUT2D eigenvalue weighted by atomic mass is 32.2. The van der Waals surface area contributed by atoms with Crippen LogP contribution in [0.15, 0.2) is 51.6 Å². The van der Waals surface area contributed by atoms with Crippen molar-refractivity contribution in [2.24, 2.45) is 10.9 Å². The summed E-state index contributed by atoms with van der Waals surface area (Å²) in [6.45, 7) is 6.87. The van der Waals surface area contributed by atoms with E-state index in [0.717, 1.165) is 24.1 Å². The molecule has 3 aliphatic rings. The number of likely N-dealkylation sites (tertiary alicyclic amines) is 1. The Kier molecular flexibility index (Phi) is 8.58. The summed E-state index contributed by atoms with van der Waals surface area (Å²) in [5.74, 6) is -0.405. The van der Waals surface area contributed by atoms with Crippen molar-refractivity contribution in [1.29, 1.82) is 0 Å². The van der Waals surface area contributed by atoms with Crippen LogP contribution in [0.2, 0.25) is 0 Å². The molecule has 0 radical (unpaired) electrons. The predicted octanol–water partition coefficient (Wildman–Crippen LogP) is 4.03. The second-order valence-corrected chi connectivity index (χ2v) is 9.83. The molecule has 0 unspecified atom stereocenters. The summed E-state index contributed by atoms with van der Waals surface area (Å²) in [7, 11) is 1.60. The Morgan fingerprint density at radius 3 is 2.68 bits per heavy atom. The fraction of sp³-hybridized carbons (Fsp3) is 0.481. The van der Waals surface area contributed by atoms with Crippen molar-refractivity contribution < 1.29 is 28.6 Å². The predicted molar refractivity (Wildman–Crippen MR) is 141 cm³/mol. The van der Waals surface area contributed by atoms with Crippen molar-refractivity contribution in [2.75, 3.05) is 33.4 Å². The Balaban J connectivity index is 1.62. The lowest BCUT2D eigenvalue weighted by atomic mass is 9.93. The molecule has 0 N–H and O–H groups in total. The average Bonchev–Trinajstić information content (AvgIpc) is 3.29. The molecule has 9 nitrogen and oxygen atoms in total. The van der Waals surface area contributed by atoms with E-state index in [-0.39, 0.29) is 30.8 Å². The molecule has 10 heteroatoms. The first-order valence-electron chi connectivity index (χ1n) is 12.6. The minimum absolute atomic E-state index is 0.0737. The maximum absolute atomic E-state index is 13.4. The third kappa shape index (κ3) is 5.69.